The maximum atomic E-state index is 6.20. The Labute approximate surface area is 131 Å². The summed E-state index contributed by atoms with van der Waals surface area (Å²) in [4.78, 5) is 0. The zero-order valence-electron chi connectivity index (χ0n) is 12.4. The van der Waals surface area contributed by atoms with Gasteiger partial charge in [-0.05, 0) is 31.5 Å². The molecule has 4 heteroatoms. The van der Waals surface area contributed by atoms with E-state index in [2.05, 4.69) is 5.32 Å². The van der Waals surface area contributed by atoms with Crippen LogP contribution in [0, 0.1) is 0 Å². The molecule has 0 spiro atoms. The number of nitrogens with one attached hydrogen (secondary N) is 1. The fourth-order valence-electron chi connectivity index (χ4n) is 2.19. The molecule has 2 aromatic rings. The maximum absolute atomic E-state index is 6.20. The van der Waals surface area contributed by atoms with Crippen LogP contribution in [0.2, 0.25) is 5.02 Å². The third-order valence-corrected chi connectivity index (χ3v) is 3.65. The number of methoxy groups -OCH3 is 1. The zero-order chi connectivity index (χ0) is 14.9. The largest absolute Gasteiger partial charge is 0.493 e. The molecule has 0 radical (unpaired) electrons. The van der Waals surface area contributed by atoms with Crippen LogP contribution >= 0.6 is 11.6 Å². The van der Waals surface area contributed by atoms with E-state index in [9.17, 15) is 0 Å². The molecule has 1 N–H and O–H groups in total. The average Bonchev–Trinajstić information content (AvgIpc) is 2.52. The van der Waals surface area contributed by atoms with Gasteiger partial charge in [0.1, 0.15) is 5.75 Å². The molecule has 0 saturated heterocycles. The first-order valence-electron chi connectivity index (χ1n) is 7.32. The van der Waals surface area contributed by atoms with Gasteiger partial charge in [0.15, 0.2) is 0 Å². The molecule has 0 heterocycles. The molecule has 0 aromatic heterocycles. The van der Waals surface area contributed by atoms with Crippen molar-refractivity contribution < 1.29 is 9.47 Å². The molecule has 2 aromatic carbocycles. The predicted molar refractivity (Wildman–Crippen MR) is 88.4 cm³/mol. The lowest BCUT2D eigenvalue weighted by atomic mass is 10.1. The molecule has 0 amide bonds. The molecular formula is C17H22ClNO2. The van der Waals surface area contributed by atoms with Crippen molar-refractivity contribution >= 4 is 22.4 Å². The lowest BCUT2D eigenvalue weighted by Gasteiger charge is -2.10. The molecular weight excluding hydrogens is 286 g/mol. The highest BCUT2D eigenvalue weighted by molar-refractivity contribution is 6.35. The third kappa shape index (κ3) is 4.88. The van der Waals surface area contributed by atoms with Gasteiger partial charge in [-0.3, -0.25) is 0 Å². The van der Waals surface area contributed by atoms with Crippen LogP contribution in [0.1, 0.15) is 12.8 Å². The first kappa shape index (κ1) is 16.1. The summed E-state index contributed by atoms with van der Waals surface area (Å²) in [5, 5.41) is 6.20. The Morgan fingerprint density at radius 2 is 1.76 bits per heavy atom. The number of halogens is 1. The van der Waals surface area contributed by atoms with Crippen LogP contribution in [0.5, 0.6) is 5.75 Å². The molecule has 0 unspecified atom stereocenters. The highest BCUT2D eigenvalue weighted by Gasteiger charge is 2.04. The van der Waals surface area contributed by atoms with E-state index in [1.54, 1.807) is 7.11 Å². The molecule has 2 rings (SSSR count). The monoisotopic (exact) mass is 307 g/mol. The lowest BCUT2D eigenvalue weighted by molar-refractivity contribution is 0.199. The second kappa shape index (κ2) is 8.88. The van der Waals surface area contributed by atoms with Crippen molar-refractivity contribution in [1.82, 2.24) is 5.32 Å². The van der Waals surface area contributed by atoms with Crippen LogP contribution in [0.25, 0.3) is 10.8 Å². The number of hydrogen-bond acceptors (Lipinski definition) is 3. The van der Waals surface area contributed by atoms with Gasteiger partial charge in [-0.25, -0.2) is 0 Å². The Bertz CT molecular complexity index is 559. The number of rotatable bonds is 9. The molecule has 0 aliphatic rings. The lowest BCUT2D eigenvalue weighted by Crippen LogP contribution is -2.20. The van der Waals surface area contributed by atoms with E-state index in [1.165, 1.54) is 0 Å². The summed E-state index contributed by atoms with van der Waals surface area (Å²) in [6.07, 6.45) is 2.12. The van der Waals surface area contributed by atoms with E-state index in [-0.39, 0.29) is 0 Å². The molecule has 0 bridgehead atoms. The number of ether oxygens (including phenoxy) is 2. The summed E-state index contributed by atoms with van der Waals surface area (Å²) in [6, 6.07) is 11.9. The van der Waals surface area contributed by atoms with Crippen molar-refractivity contribution in [3.8, 4) is 5.75 Å². The Hall–Kier alpha value is -1.29. The Morgan fingerprint density at radius 3 is 2.57 bits per heavy atom. The smallest absolute Gasteiger partial charge is 0.127 e. The maximum Gasteiger partial charge on any atom is 0.127 e. The van der Waals surface area contributed by atoms with E-state index in [4.69, 9.17) is 21.1 Å². The Kier molecular flexibility index (Phi) is 6.80. The van der Waals surface area contributed by atoms with Crippen molar-refractivity contribution in [2.24, 2.45) is 0 Å². The molecule has 21 heavy (non-hydrogen) atoms. The Morgan fingerprint density at radius 1 is 0.952 bits per heavy atom. The van der Waals surface area contributed by atoms with Gasteiger partial charge in [0, 0.05) is 29.4 Å². The summed E-state index contributed by atoms with van der Waals surface area (Å²) in [6.45, 7) is 3.37. The van der Waals surface area contributed by atoms with Crippen LogP contribution in [0.15, 0.2) is 36.4 Å². The van der Waals surface area contributed by atoms with Crippen LogP contribution in [0.3, 0.4) is 0 Å². The van der Waals surface area contributed by atoms with Crippen LogP contribution in [-0.4, -0.2) is 33.4 Å². The van der Waals surface area contributed by atoms with Gasteiger partial charge < -0.3 is 14.8 Å². The van der Waals surface area contributed by atoms with Crippen molar-refractivity contribution in [3.05, 3.63) is 41.4 Å². The topological polar surface area (TPSA) is 30.5 Å². The minimum absolute atomic E-state index is 0.720. The first-order valence-corrected chi connectivity index (χ1v) is 7.70. The van der Waals surface area contributed by atoms with Crippen LogP contribution in [-0.2, 0) is 4.74 Å². The van der Waals surface area contributed by atoms with Crippen LogP contribution < -0.4 is 10.1 Å². The van der Waals surface area contributed by atoms with E-state index in [1.807, 2.05) is 36.4 Å². The van der Waals surface area contributed by atoms with Gasteiger partial charge in [0.05, 0.1) is 13.2 Å². The number of hydrogen-bond donors (Lipinski definition) is 1. The van der Waals surface area contributed by atoms with E-state index in [0.717, 1.165) is 60.7 Å². The molecule has 0 saturated carbocycles. The normalized spacial score (nSPS) is 11.0. The summed E-state index contributed by atoms with van der Waals surface area (Å²) in [5.74, 6) is 0.905. The van der Waals surface area contributed by atoms with Gasteiger partial charge in [0.2, 0.25) is 0 Å². The molecule has 0 fully saturated rings. The number of unbranched alkanes of at least 4 members (excludes halogenated alkanes) is 1. The molecule has 3 nitrogen and oxygen atoms in total. The van der Waals surface area contributed by atoms with Crippen molar-refractivity contribution in [1.29, 1.82) is 0 Å². The highest BCUT2D eigenvalue weighted by atomic mass is 35.5. The minimum Gasteiger partial charge on any atom is -0.493 e. The van der Waals surface area contributed by atoms with Gasteiger partial charge >= 0.3 is 0 Å². The molecule has 0 aliphatic heterocycles. The summed E-state index contributed by atoms with van der Waals surface area (Å²) < 4.78 is 10.9. The van der Waals surface area contributed by atoms with Gasteiger partial charge in [-0.15, -0.1) is 0 Å². The zero-order valence-corrected chi connectivity index (χ0v) is 13.2. The average molecular weight is 308 g/mol. The van der Waals surface area contributed by atoms with Gasteiger partial charge in [-0.1, -0.05) is 35.9 Å². The van der Waals surface area contributed by atoms with Gasteiger partial charge in [0.25, 0.3) is 0 Å². The molecule has 0 atom stereocenters. The van der Waals surface area contributed by atoms with Crippen molar-refractivity contribution in [3.63, 3.8) is 0 Å². The quantitative estimate of drug-likeness (QED) is 0.713. The fraction of sp³-hybridized carbons (Fsp3) is 0.412. The third-order valence-electron chi connectivity index (χ3n) is 3.32. The SMILES string of the molecule is COCCNCCCCOc1ccc(Cl)c2ccccc12. The second-order valence-corrected chi connectivity index (χ2v) is 5.30. The van der Waals surface area contributed by atoms with Crippen molar-refractivity contribution in [2.45, 2.75) is 12.8 Å². The highest BCUT2D eigenvalue weighted by Crippen LogP contribution is 2.31. The van der Waals surface area contributed by atoms with Gasteiger partial charge in [-0.2, -0.15) is 0 Å². The molecule has 0 aliphatic carbocycles. The number of fused-ring (bicyclic) bond motifs is 1. The molecule has 114 valence electrons. The van der Waals surface area contributed by atoms with Crippen molar-refractivity contribution in [2.75, 3.05) is 33.4 Å². The van der Waals surface area contributed by atoms with E-state index in [0.29, 0.717) is 0 Å². The second-order valence-electron chi connectivity index (χ2n) is 4.89. The van der Waals surface area contributed by atoms with E-state index < -0.39 is 0 Å². The summed E-state index contributed by atoms with van der Waals surface area (Å²) in [5.41, 5.74) is 0. The van der Waals surface area contributed by atoms with E-state index >= 15 is 0 Å². The minimum atomic E-state index is 0.720. The standard InChI is InChI=1S/C17H22ClNO2/c1-20-13-11-19-10-4-5-12-21-17-9-8-16(18)14-6-2-3-7-15(14)17/h2-3,6-9,19H,4-5,10-13H2,1H3. The summed E-state index contributed by atoms with van der Waals surface area (Å²) >= 11 is 6.20. The Balaban J connectivity index is 1.78. The predicted octanol–water partition coefficient (Wildman–Crippen LogP) is 3.89. The first-order chi connectivity index (χ1) is 10.3. The summed E-state index contributed by atoms with van der Waals surface area (Å²) in [7, 11) is 1.71. The number of benzene rings is 2. The fourth-order valence-corrected chi connectivity index (χ4v) is 2.42. The van der Waals surface area contributed by atoms with Crippen LogP contribution in [0.4, 0.5) is 0 Å².